The number of aromatic nitrogens is 1. The molecule has 2 rings (SSSR count). The topological polar surface area (TPSA) is 117 Å². The highest BCUT2D eigenvalue weighted by molar-refractivity contribution is 5.95. The first-order valence-corrected chi connectivity index (χ1v) is 5.75. The van der Waals surface area contributed by atoms with Crippen LogP contribution < -0.4 is 5.56 Å². The minimum Gasteiger partial charge on any atom is -0.386 e. The molecule has 2 N–H and O–H groups in total. The number of nitrogens with one attached hydrogen (secondary N) is 1. The number of carbonyl (C=O) groups excluding carboxylic acids is 1. The van der Waals surface area contributed by atoms with Gasteiger partial charge < -0.3 is 15.0 Å². The van der Waals surface area contributed by atoms with E-state index in [2.05, 4.69) is 4.98 Å². The lowest BCUT2D eigenvalue weighted by atomic mass is 9.91. The first kappa shape index (κ1) is 13.2. The van der Waals surface area contributed by atoms with E-state index in [1.165, 1.54) is 4.90 Å². The fraction of sp³-hybridized carbons (Fsp3) is 0.455. The maximum Gasteiger partial charge on any atom is 0.286 e. The van der Waals surface area contributed by atoms with Crippen LogP contribution in [0.5, 0.6) is 0 Å². The fourth-order valence-electron chi connectivity index (χ4n) is 1.94. The number of hydrogen-bond donors (Lipinski definition) is 2. The standard InChI is InChI=1S/C11H13N3O5/c1-2-11(17)5-13(6-11)10(16)8-3-7(14(18)19)4-12-9(8)15/h3-4,17H,2,5-6H2,1H3,(H,12,15). The molecule has 0 atom stereocenters. The van der Waals surface area contributed by atoms with E-state index < -0.39 is 22.0 Å². The molecule has 1 aromatic heterocycles. The molecule has 8 nitrogen and oxygen atoms in total. The number of β-amino-alcohol motifs (C(OH)–C–C–N with tert-alkyl or cyclic N) is 1. The molecular formula is C11H13N3O5. The Morgan fingerprint density at radius 3 is 2.79 bits per heavy atom. The summed E-state index contributed by atoms with van der Waals surface area (Å²) in [5.41, 5.74) is -2.23. The fourth-order valence-corrected chi connectivity index (χ4v) is 1.94. The molecule has 0 aromatic carbocycles. The molecule has 1 aromatic rings. The van der Waals surface area contributed by atoms with Gasteiger partial charge in [0.05, 0.1) is 29.8 Å². The van der Waals surface area contributed by atoms with Gasteiger partial charge in [-0.1, -0.05) is 6.92 Å². The Labute approximate surface area is 107 Å². The third kappa shape index (κ3) is 2.34. The van der Waals surface area contributed by atoms with Crippen molar-refractivity contribution in [1.82, 2.24) is 9.88 Å². The van der Waals surface area contributed by atoms with Crippen molar-refractivity contribution in [2.24, 2.45) is 0 Å². The van der Waals surface area contributed by atoms with Gasteiger partial charge in [-0.05, 0) is 6.42 Å². The number of hydrogen-bond acceptors (Lipinski definition) is 5. The van der Waals surface area contributed by atoms with Crippen molar-refractivity contribution in [3.05, 3.63) is 38.3 Å². The van der Waals surface area contributed by atoms with Crippen molar-refractivity contribution in [2.75, 3.05) is 13.1 Å². The molecule has 0 saturated carbocycles. The molecule has 1 amide bonds. The van der Waals surface area contributed by atoms with E-state index in [1.807, 2.05) is 0 Å². The van der Waals surface area contributed by atoms with Gasteiger partial charge in [0.2, 0.25) is 0 Å². The lowest BCUT2D eigenvalue weighted by Crippen LogP contribution is -2.63. The van der Waals surface area contributed by atoms with Gasteiger partial charge in [-0.15, -0.1) is 0 Å². The van der Waals surface area contributed by atoms with Gasteiger partial charge in [-0.25, -0.2) is 0 Å². The molecule has 0 spiro atoms. The normalized spacial score (nSPS) is 16.8. The summed E-state index contributed by atoms with van der Waals surface area (Å²) in [6.07, 6.45) is 1.44. The number of carbonyl (C=O) groups is 1. The summed E-state index contributed by atoms with van der Waals surface area (Å²) in [6.45, 7) is 2.05. The lowest BCUT2D eigenvalue weighted by molar-refractivity contribution is -0.385. The lowest BCUT2D eigenvalue weighted by Gasteiger charge is -2.45. The van der Waals surface area contributed by atoms with E-state index >= 15 is 0 Å². The van der Waals surface area contributed by atoms with Crippen molar-refractivity contribution >= 4 is 11.6 Å². The molecule has 2 heterocycles. The van der Waals surface area contributed by atoms with Crippen LogP contribution in [0.4, 0.5) is 5.69 Å². The minimum absolute atomic E-state index is 0.129. The van der Waals surface area contributed by atoms with Gasteiger partial charge >= 0.3 is 0 Å². The smallest absolute Gasteiger partial charge is 0.286 e. The van der Waals surface area contributed by atoms with Crippen LogP contribution in [0.15, 0.2) is 17.1 Å². The summed E-state index contributed by atoms with van der Waals surface area (Å²) >= 11 is 0. The Kier molecular flexibility index (Phi) is 3.11. The molecule has 1 aliphatic heterocycles. The quantitative estimate of drug-likeness (QED) is 0.585. The van der Waals surface area contributed by atoms with Gasteiger partial charge in [0.15, 0.2) is 0 Å². The van der Waals surface area contributed by atoms with E-state index in [1.54, 1.807) is 6.92 Å². The molecule has 1 saturated heterocycles. The van der Waals surface area contributed by atoms with Crippen LogP contribution in [0.2, 0.25) is 0 Å². The van der Waals surface area contributed by atoms with Crippen molar-refractivity contribution in [3.63, 3.8) is 0 Å². The summed E-state index contributed by atoms with van der Waals surface area (Å²) in [5.74, 6) is -0.608. The zero-order valence-corrected chi connectivity index (χ0v) is 10.3. The van der Waals surface area contributed by atoms with Crippen LogP contribution in [-0.4, -0.2) is 44.5 Å². The van der Waals surface area contributed by atoms with Gasteiger partial charge in [-0.3, -0.25) is 19.7 Å². The van der Waals surface area contributed by atoms with E-state index in [4.69, 9.17) is 0 Å². The Bertz CT molecular complexity index is 588. The average molecular weight is 267 g/mol. The summed E-state index contributed by atoms with van der Waals surface area (Å²) < 4.78 is 0. The summed E-state index contributed by atoms with van der Waals surface area (Å²) in [6, 6.07) is 0.949. The molecule has 19 heavy (non-hydrogen) atoms. The van der Waals surface area contributed by atoms with Crippen LogP contribution in [0, 0.1) is 10.1 Å². The number of likely N-dealkylation sites (tertiary alicyclic amines) is 1. The van der Waals surface area contributed by atoms with Crippen molar-refractivity contribution in [1.29, 1.82) is 0 Å². The maximum absolute atomic E-state index is 12.0. The van der Waals surface area contributed by atoms with E-state index in [9.17, 15) is 24.8 Å². The van der Waals surface area contributed by atoms with E-state index in [0.717, 1.165) is 12.3 Å². The molecule has 0 unspecified atom stereocenters. The van der Waals surface area contributed by atoms with Crippen LogP contribution in [-0.2, 0) is 0 Å². The van der Waals surface area contributed by atoms with Gasteiger partial charge in [0, 0.05) is 6.07 Å². The Balaban J connectivity index is 2.23. The predicted octanol–water partition coefficient (Wildman–Crippen LogP) is -0.120. The molecule has 102 valence electrons. The Morgan fingerprint density at radius 2 is 2.26 bits per heavy atom. The summed E-state index contributed by atoms with van der Waals surface area (Å²) in [5, 5.41) is 20.4. The molecular weight excluding hydrogens is 254 g/mol. The zero-order valence-electron chi connectivity index (χ0n) is 10.3. The van der Waals surface area contributed by atoms with E-state index in [-0.39, 0.29) is 24.3 Å². The third-order valence-corrected chi connectivity index (χ3v) is 3.24. The molecule has 0 bridgehead atoms. The second-order valence-corrected chi connectivity index (χ2v) is 4.60. The highest BCUT2D eigenvalue weighted by atomic mass is 16.6. The number of aliphatic hydroxyl groups is 1. The number of nitrogens with zero attached hydrogens (tertiary/aromatic N) is 2. The predicted molar refractivity (Wildman–Crippen MR) is 64.9 cm³/mol. The Morgan fingerprint density at radius 1 is 1.63 bits per heavy atom. The van der Waals surface area contributed by atoms with E-state index in [0.29, 0.717) is 6.42 Å². The monoisotopic (exact) mass is 267 g/mol. The zero-order chi connectivity index (χ0) is 14.2. The summed E-state index contributed by atoms with van der Waals surface area (Å²) in [4.78, 5) is 36.9. The van der Waals surface area contributed by atoms with Crippen LogP contribution in [0.1, 0.15) is 23.7 Å². The Hall–Kier alpha value is -2.22. The van der Waals surface area contributed by atoms with Crippen LogP contribution >= 0.6 is 0 Å². The van der Waals surface area contributed by atoms with Gasteiger partial charge in [0.25, 0.3) is 17.2 Å². The van der Waals surface area contributed by atoms with Gasteiger partial charge in [-0.2, -0.15) is 0 Å². The van der Waals surface area contributed by atoms with Crippen molar-refractivity contribution < 1.29 is 14.8 Å². The second kappa shape index (κ2) is 4.47. The highest BCUT2D eigenvalue weighted by Gasteiger charge is 2.42. The molecule has 1 fully saturated rings. The number of rotatable bonds is 3. The SMILES string of the molecule is CCC1(O)CN(C(=O)c2cc([N+](=O)[O-])c[nH]c2=O)C1. The summed E-state index contributed by atoms with van der Waals surface area (Å²) in [7, 11) is 0. The number of pyridine rings is 1. The minimum atomic E-state index is -0.914. The average Bonchev–Trinajstić information content (AvgIpc) is 2.34. The third-order valence-electron chi connectivity index (χ3n) is 3.24. The maximum atomic E-state index is 12.0. The van der Waals surface area contributed by atoms with Crippen LogP contribution in [0.3, 0.4) is 0 Å². The number of amides is 1. The molecule has 1 aliphatic rings. The van der Waals surface area contributed by atoms with Gasteiger partial charge in [0.1, 0.15) is 5.56 Å². The highest BCUT2D eigenvalue weighted by Crippen LogP contribution is 2.25. The number of H-pyrrole nitrogens is 1. The number of nitro groups is 1. The molecule has 0 radical (unpaired) electrons. The second-order valence-electron chi connectivity index (χ2n) is 4.60. The molecule has 8 heteroatoms. The largest absolute Gasteiger partial charge is 0.386 e. The van der Waals surface area contributed by atoms with Crippen molar-refractivity contribution in [3.8, 4) is 0 Å². The first-order chi connectivity index (χ1) is 8.86. The van der Waals surface area contributed by atoms with Crippen molar-refractivity contribution in [2.45, 2.75) is 18.9 Å². The first-order valence-electron chi connectivity index (χ1n) is 5.75. The number of aromatic amines is 1. The van der Waals surface area contributed by atoms with Crippen LogP contribution in [0.25, 0.3) is 0 Å². The molecule has 0 aliphatic carbocycles.